The van der Waals surface area contributed by atoms with E-state index in [4.69, 9.17) is 11.5 Å². The molecule has 1 saturated carbocycles. The zero-order valence-corrected chi connectivity index (χ0v) is 15.3. The Labute approximate surface area is 158 Å². The van der Waals surface area contributed by atoms with E-state index in [9.17, 15) is 10.1 Å². The molecule has 5 N–H and O–H groups in total. The predicted molar refractivity (Wildman–Crippen MR) is 105 cm³/mol. The first kappa shape index (κ1) is 19.0. The van der Waals surface area contributed by atoms with E-state index in [2.05, 4.69) is 15.3 Å². The van der Waals surface area contributed by atoms with Crippen molar-refractivity contribution in [2.45, 2.75) is 44.6 Å². The van der Waals surface area contributed by atoms with Crippen LogP contribution in [0, 0.1) is 16.0 Å². The second-order valence-corrected chi connectivity index (χ2v) is 7.13. The lowest BCUT2D eigenvalue weighted by molar-refractivity contribution is -0.385. The molecule has 3 rings (SSSR count). The summed E-state index contributed by atoms with van der Waals surface area (Å²) >= 11 is 0. The first-order valence-electron chi connectivity index (χ1n) is 9.37. The van der Waals surface area contributed by atoms with E-state index in [1.54, 1.807) is 0 Å². The normalized spacial score (nSPS) is 19.6. The zero-order valence-electron chi connectivity index (χ0n) is 15.3. The van der Waals surface area contributed by atoms with Gasteiger partial charge in [-0.15, -0.1) is 0 Å². The van der Waals surface area contributed by atoms with Gasteiger partial charge in [-0.3, -0.25) is 10.1 Å². The summed E-state index contributed by atoms with van der Waals surface area (Å²) in [6, 6.07) is 10.3. The molecule has 27 heavy (non-hydrogen) atoms. The number of hydrogen-bond acceptors (Lipinski definition) is 7. The number of rotatable bonds is 7. The fourth-order valence-corrected chi connectivity index (χ4v) is 3.57. The lowest BCUT2D eigenvalue weighted by Crippen LogP contribution is -2.27. The van der Waals surface area contributed by atoms with Crippen LogP contribution in [-0.2, 0) is 12.8 Å². The Morgan fingerprint density at radius 2 is 1.85 bits per heavy atom. The van der Waals surface area contributed by atoms with Crippen molar-refractivity contribution in [1.29, 1.82) is 0 Å². The molecule has 8 nitrogen and oxygen atoms in total. The maximum atomic E-state index is 11.5. The molecule has 0 saturated heterocycles. The summed E-state index contributed by atoms with van der Waals surface area (Å²) in [6.45, 7) is 0.624. The zero-order chi connectivity index (χ0) is 19.2. The summed E-state index contributed by atoms with van der Waals surface area (Å²) in [5, 5.41) is 14.6. The molecule has 0 spiro atoms. The van der Waals surface area contributed by atoms with Crippen LogP contribution in [0.15, 0.2) is 30.3 Å². The molecule has 0 bridgehead atoms. The molecule has 0 amide bonds. The number of nitrogens with two attached hydrogens (primary N) is 2. The van der Waals surface area contributed by atoms with E-state index in [0.717, 1.165) is 32.1 Å². The van der Waals surface area contributed by atoms with Gasteiger partial charge in [0.05, 0.1) is 4.92 Å². The Balaban J connectivity index is 1.71. The Kier molecular flexibility index (Phi) is 6.18. The molecule has 1 aromatic carbocycles. The van der Waals surface area contributed by atoms with Gasteiger partial charge in [0.1, 0.15) is 5.69 Å². The first-order valence-corrected chi connectivity index (χ1v) is 9.37. The van der Waals surface area contributed by atoms with Gasteiger partial charge < -0.3 is 16.8 Å². The number of benzene rings is 1. The number of nitro groups is 1. The third-order valence-corrected chi connectivity index (χ3v) is 5.08. The number of aromatic nitrogens is 2. The Morgan fingerprint density at radius 1 is 1.15 bits per heavy atom. The fourth-order valence-electron chi connectivity index (χ4n) is 3.57. The Morgan fingerprint density at radius 3 is 2.52 bits per heavy atom. The molecule has 8 heteroatoms. The van der Waals surface area contributed by atoms with Crippen LogP contribution in [0.25, 0.3) is 0 Å². The van der Waals surface area contributed by atoms with Crippen LogP contribution in [-0.4, -0.2) is 27.5 Å². The number of hydrogen-bond donors (Lipinski definition) is 3. The van der Waals surface area contributed by atoms with Gasteiger partial charge in [0.25, 0.3) is 0 Å². The molecule has 1 fully saturated rings. The minimum atomic E-state index is -0.479. The highest BCUT2D eigenvalue weighted by Gasteiger charge is 2.27. The molecule has 0 unspecified atom stereocenters. The van der Waals surface area contributed by atoms with Crippen molar-refractivity contribution in [1.82, 2.24) is 9.97 Å². The molecule has 1 aromatic heterocycles. The SMILES string of the molecule is Nc1nc(NCCc2ccccc2)nc(CC2CCC(N)CC2)c1[N+](=O)[O-]. The molecule has 1 aliphatic carbocycles. The standard InChI is InChI=1S/C19H26N6O2/c20-15-8-6-14(7-9-15)12-16-17(25(26)27)18(21)24-19(23-16)22-11-10-13-4-2-1-3-5-13/h1-5,14-15H,6-12,20H2,(H3,21,22,23,24). The maximum Gasteiger partial charge on any atom is 0.332 e. The molecule has 0 aliphatic heterocycles. The van der Waals surface area contributed by atoms with Crippen molar-refractivity contribution < 1.29 is 4.92 Å². The highest BCUT2D eigenvalue weighted by Crippen LogP contribution is 2.31. The molecule has 0 radical (unpaired) electrons. The first-order chi connectivity index (χ1) is 13.0. The van der Waals surface area contributed by atoms with E-state index >= 15 is 0 Å². The van der Waals surface area contributed by atoms with E-state index in [1.807, 2.05) is 30.3 Å². The van der Waals surface area contributed by atoms with E-state index in [0.29, 0.717) is 30.5 Å². The smallest absolute Gasteiger partial charge is 0.332 e. The fraction of sp³-hybridized carbons (Fsp3) is 0.474. The second-order valence-electron chi connectivity index (χ2n) is 7.13. The van der Waals surface area contributed by atoms with Gasteiger partial charge >= 0.3 is 5.69 Å². The van der Waals surface area contributed by atoms with Gasteiger partial charge in [-0.1, -0.05) is 30.3 Å². The van der Waals surface area contributed by atoms with Crippen LogP contribution in [0.2, 0.25) is 0 Å². The summed E-state index contributed by atoms with van der Waals surface area (Å²) < 4.78 is 0. The minimum Gasteiger partial charge on any atom is -0.378 e. The summed E-state index contributed by atoms with van der Waals surface area (Å²) in [7, 11) is 0. The van der Waals surface area contributed by atoms with Crippen molar-refractivity contribution in [3.63, 3.8) is 0 Å². The quantitative estimate of drug-likeness (QED) is 0.504. The van der Waals surface area contributed by atoms with Gasteiger partial charge in [-0.25, -0.2) is 4.98 Å². The molecule has 1 aliphatic rings. The van der Waals surface area contributed by atoms with Crippen molar-refractivity contribution in [2.75, 3.05) is 17.6 Å². The highest BCUT2D eigenvalue weighted by atomic mass is 16.6. The summed E-state index contributed by atoms with van der Waals surface area (Å²) in [5.41, 5.74) is 13.3. The van der Waals surface area contributed by atoms with Crippen LogP contribution in [0.4, 0.5) is 17.5 Å². The van der Waals surface area contributed by atoms with Gasteiger partial charge in [-0.2, -0.15) is 4.98 Å². The van der Waals surface area contributed by atoms with Crippen molar-refractivity contribution in [2.24, 2.45) is 11.7 Å². The lowest BCUT2D eigenvalue weighted by atomic mass is 9.83. The second kappa shape index (κ2) is 8.77. The topological polar surface area (TPSA) is 133 Å². The number of nitrogen functional groups attached to an aromatic ring is 1. The van der Waals surface area contributed by atoms with Crippen LogP contribution < -0.4 is 16.8 Å². The molecule has 144 valence electrons. The molecular formula is C19H26N6O2. The van der Waals surface area contributed by atoms with Gasteiger partial charge in [0.15, 0.2) is 0 Å². The van der Waals surface area contributed by atoms with Gasteiger partial charge in [0, 0.05) is 12.6 Å². The van der Waals surface area contributed by atoms with Gasteiger partial charge in [-0.05, 0) is 50.0 Å². The minimum absolute atomic E-state index is 0.0836. The average molecular weight is 370 g/mol. The average Bonchev–Trinajstić information content (AvgIpc) is 2.64. The monoisotopic (exact) mass is 370 g/mol. The lowest BCUT2D eigenvalue weighted by Gasteiger charge is -2.25. The Bertz CT molecular complexity index is 775. The third-order valence-electron chi connectivity index (χ3n) is 5.08. The Hall–Kier alpha value is -2.74. The summed E-state index contributed by atoms with van der Waals surface area (Å²) in [4.78, 5) is 19.5. The van der Waals surface area contributed by atoms with Crippen LogP contribution in [0.3, 0.4) is 0 Å². The summed E-state index contributed by atoms with van der Waals surface area (Å²) in [5.74, 6) is 0.603. The number of anilines is 2. The molecule has 0 atom stereocenters. The van der Waals surface area contributed by atoms with E-state index in [-0.39, 0.29) is 17.5 Å². The molecule has 1 heterocycles. The maximum absolute atomic E-state index is 11.5. The molecule has 2 aromatic rings. The molecular weight excluding hydrogens is 344 g/mol. The third kappa shape index (κ3) is 5.13. The summed E-state index contributed by atoms with van der Waals surface area (Å²) in [6.07, 6.45) is 5.14. The number of nitrogens with one attached hydrogen (secondary N) is 1. The van der Waals surface area contributed by atoms with E-state index < -0.39 is 4.92 Å². The van der Waals surface area contributed by atoms with Crippen LogP contribution >= 0.6 is 0 Å². The van der Waals surface area contributed by atoms with Gasteiger partial charge in [0.2, 0.25) is 11.8 Å². The van der Waals surface area contributed by atoms with E-state index in [1.165, 1.54) is 5.56 Å². The van der Waals surface area contributed by atoms with Crippen molar-refractivity contribution in [3.05, 3.63) is 51.7 Å². The van der Waals surface area contributed by atoms with Crippen LogP contribution in [0.1, 0.15) is 36.9 Å². The van der Waals surface area contributed by atoms with Crippen molar-refractivity contribution >= 4 is 17.5 Å². The predicted octanol–water partition coefficient (Wildman–Crippen LogP) is 2.68. The van der Waals surface area contributed by atoms with Crippen molar-refractivity contribution in [3.8, 4) is 0 Å². The largest absolute Gasteiger partial charge is 0.378 e. The van der Waals surface area contributed by atoms with Crippen LogP contribution in [0.5, 0.6) is 0 Å². The number of nitrogens with zero attached hydrogens (tertiary/aromatic N) is 3. The highest BCUT2D eigenvalue weighted by molar-refractivity contribution is 5.58.